The molecule has 0 aliphatic carbocycles. The summed E-state index contributed by atoms with van der Waals surface area (Å²) in [6.07, 6.45) is -2.22. The van der Waals surface area contributed by atoms with Crippen LogP contribution >= 0.6 is 0 Å². The summed E-state index contributed by atoms with van der Waals surface area (Å²) in [5.74, 6) is 0.0443. The fourth-order valence-corrected chi connectivity index (χ4v) is 3.31. The third-order valence-electron chi connectivity index (χ3n) is 4.73. The van der Waals surface area contributed by atoms with E-state index in [1.165, 1.54) is 0 Å². The number of piperidine rings is 1. The second kappa shape index (κ2) is 7.05. The topological polar surface area (TPSA) is 46.1 Å². The highest BCUT2D eigenvalue weighted by atomic mass is 19.4. The summed E-state index contributed by atoms with van der Waals surface area (Å²) in [6, 6.07) is 6.62. The highest BCUT2D eigenvalue weighted by Crippen LogP contribution is 2.30. The molecule has 3 rings (SSSR count). The molecule has 2 aromatic rings. The Morgan fingerprint density at radius 2 is 1.85 bits per heavy atom. The van der Waals surface area contributed by atoms with Crippen LogP contribution in [0, 0.1) is 19.8 Å². The largest absolute Gasteiger partial charge is 0.433 e. The Hall–Kier alpha value is -2.44. The predicted molar refractivity (Wildman–Crippen MR) is 92.2 cm³/mol. The first kappa shape index (κ1) is 18.4. The van der Waals surface area contributed by atoms with Crippen molar-refractivity contribution in [2.75, 3.05) is 18.0 Å². The zero-order valence-electron chi connectivity index (χ0n) is 14.7. The number of ketones is 1. The number of Topliss-reactive ketones (excluding diaryl/α,β-unsaturated/α-hetero) is 1. The van der Waals surface area contributed by atoms with Crippen LogP contribution in [0.3, 0.4) is 0 Å². The maximum Gasteiger partial charge on any atom is 0.433 e. The number of anilines is 1. The van der Waals surface area contributed by atoms with Gasteiger partial charge in [-0.2, -0.15) is 13.2 Å². The van der Waals surface area contributed by atoms with E-state index in [1.54, 1.807) is 4.90 Å². The summed E-state index contributed by atoms with van der Waals surface area (Å²) in [6.45, 7) is 4.83. The van der Waals surface area contributed by atoms with Crippen LogP contribution in [0.4, 0.5) is 19.1 Å². The fourth-order valence-electron chi connectivity index (χ4n) is 3.31. The standard InChI is InChI=1S/C19H20F3N3O/c1-12-3-4-15(13(2)11-12)17(26)14-6-9-25(10-7-14)18-23-8-5-16(24-18)19(20,21)22/h3-5,8,11,14H,6-7,9-10H2,1-2H3. The van der Waals surface area contributed by atoms with Crippen molar-refractivity contribution in [1.29, 1.82) is 0 Å². The molecule has 1 aromatic carbocycles. The number of carbonyl (C=O) groups is 1. The lowest BCUT2D eigenvalue weighted by atomic mass is 9.87. The molecular weight excluding hydrogens is 343 g/mol. The smallest absolute Gasteiger partial charge is 0.341 e. The van der Waals surface area contributed by atoms with Gasteiger partial charge in [-0.25, -0.2) is 9.97 Å². The summed E-state index contributed by atoms with van der Waals surface area (Å²) in [5, 5.41) is 0. The van der Waals surface area contributed by atoms with Gasteiger partial charge in [0.1, 0.15) is 5.69 Å². The van der Waals surface area contributed by atoms with Crippen LogP contribution in [-0.4, -0.2) is 28.8 Å². The van der Waals surface area contributed by atoms with Gasteiger partial charge in [0.15, 0.2) is 5.78 Å². The van der Waals surface area contributed by atoms with E-state index in [0.717, 1.165) is 29.0 Å². The van der Waals surface area contributed by atoms with Gasteiger partial charge in [0, 0.05) is 30.8 Å². The first-order valence-electron chi connectivity index (χ1n) is 8.52. The lowest BCUT2D eigenvalue weighted by molar-refractivity contribution is -0.141. The van der Waals surface area contributed by atoms with Crippen molar-refractivity contribution in [3.05, 3.63) is 52.8 Å². The molecule has 4 nitrogen and oxygen atoms in total. The van der Waals surface area contributed by atoms with Crippen molar-refractivity contribution in [3.8, 4) is 0 Å². The molecule has 0 atom stereocenters. The molecule has 0 amide bonds. The SMILES string of the molecule is Cc1ccc(C(=O)C2CCN(c3nccc(C(F)(F)F)n3)CC2)c(C)c1. The van der Waals surface area contributed by atoms with Gasteiger partial charge in [-0.05, 0) is 38.3 Å². The minimum Gasteiger partial charge on any atom is -0.341 e. The lowest BCUT2D eigenvalue weighted by Gasteiger charge is -2.31. The van der Waals surface area contributed by atoms with Crippen LogP contribution in [0.2, 0.25) is 0 Å². The molecule has 1 aromatic heterocycles. The molecule has 1 aliphatic rings. The van der Waals surface area contributed by atoms with E-state index in [9.17, 15) is 18.0 Å². The minimum atomic E-state index is -4.49. The van der Waals surface area contributed by atoms with Crippen LogP contribution in [0.1, 0.15) is 40.0 Å². The van der Waals surface area contributed by atoms with E-state index in [0.29, 0.717) is 25.9 Å². The molecule has 0 radical (unpaired) electrons. The van der Waals surface area contributed by atoms with Crippen molar-refractivity contribution < 1.29 is 18.0 Å². The van der Waals surface area contributed by atoms with Gasteiger partial charge in [-0.15, -0.1) is 0 Å². The lowest BCUT2D eigenvalue weighted by Crippen LogP contribution is -2.37. The average Bonchev–Trinajstić information content (AvgIpc) is 2.61. The second-order valence-electron chi connectivity index (χ2n) is 6.68. The Morgan fingerprint density at radius 3 is 2.46 bits per heavy atom. The number of aromatic nitrogens is 2. The molecule has 138 valence electrons. The Bertz CT molecular complexity index is 812. The number of aryl methyl sites for hydroxylation is 2. The summed E-state index contributed by atoms with van der Waals surface area (Å²) in [5.41, 5.74) is 1.84. The molecular formula is C19H20F3N3O. The van der Waals surface area contributed by atoms with Gasteiger partial charge >= 0.3 is 6.18 Å². The Labute approximate surface area is 150 Å². The van der Waals surface area contributed by atoms with E-state index < -0.39 is 11.9 Å². The van der Waals surface area contributed by atoms with E-state index in [2.05, 4.69) is 9.97 Å². The Balaban J connectivity index is 1.68. The van der Waals surface area contributed by atoms with Crippen LogP contribution in [0.15, 0.2) is 30.5 Å². The number of nitrogens with zero attached hydrogens (tertiary/aromatic N) is 3. The monoisotopic (exact) mass is 363 g/mol. The second-order valence-corrected chi connectivity index (χ2v) is 6.68. The number of hydrogen-bond acceptors (Lipinski definition) is 4. The molecule has 0 bridgehead atoms. The number of halogens is 3. The molecule has 2 heterocycles. The maximum atomic E-state index is 12.8. The maximum absolute atomic E-state index is 12.8. The minimum absolute atomic E-state index is 0.0669. The van der Waals surface area contributed by atoms with Crippen molar-refractivity contribution in [2.45, 2.75) is 32.9 Å². The van der Waals surface area contributed by atoms with Gasteiger partial charge in [0.2, 0.25) is 5.95 Å². The number of rotatable bonds is 3. The molecule has 7 heteroatoms. The number of hydrogen-bond donors (Lipinski definition) is 0. The molecule has 0 saturated carbocycles. The third-order valence-corrected chi connectivity index (χ3v) is 4.73. The number of carbonyl (C=O) groups excluding carboxylic acids is 1. The zero-order valence-corrected chi connectivity index (χ0v) is 14.7. The summed E-state index contributed by atoms with van der Waals surface area (Å²) in [4.78, 5) is 22.1. The molecule has 0 N–H and O–H groups in total. The van der Waals surface area contributed by atoms with E-state index >= 15 is 0 Å². The van der Waals surface area contributed by atoms with Crippen molar-refractivity contribution >= 4 is 11.7 Å². The fraction of sp³-hybridized carbons (Fsp3) is 0.421. The molecule has 26 heavy (non-hydrogen) atoms. The normalized spacial score (nSPS) is 16.0. The quantitative estimate of drug-likeness (QED) is 0.767. The van der Waals surface area contributed by atoms with Gasteiger partial charge < -0.3 is 4.90 Å². The van der Waals surface area contributed by atoms with E-state index in [4.69, 9.17) is 0 Å². The summed E-state index contributed by atoms with van der Waals surface area (Å²) in [7, 11) is 0. The molecule has 1 saturated heterocycles. The first-order chi connectivity index (χ1) is 12.3. The van der Waals surface area contributed by atoms with Crippen LogP contribution in [-0.2, 0) is 6.18 Å². The summed E-state index contributed by atoms with van der Waals surface area (Å²) >= 11 is 0. The third kappa shape index (κ3) is 3.86. The Kier molecular flexibility index (Phi) is 4.98. The van der Waals surface area contributed by atoms with E-state index in [-0.39, 0.29) is 17.6 Å². The molecule has 0 unspecified atom stereocenters. The van der Waals surface area contributed by atoms with Gasteiger partial charge in [-0.1, -0.05) is 23.8 Å². The molecule has 1 aliphatic heterocycles. The number of alkyl halides is 3. The molecule has 0 spiro atoms. The highest BCUT2D eigenvalue weighted by molar-refractivity contribution is 5.99. The summed E-state index contributed by atoms with van der Waals surface area (Å²) < 4.78 is 38.4. The highest BCUT2D eigenvalue weighted by Gasteiger charge is 2.34. The van der Waals surface area contributed by atoms with E-state index in [1.807, 2.05) is 32.0 Å². The van der Waals surface area contributed by atoms with Gasteiger partial charge in [-0.3, -0.25) is 4.79 Å². The molecule has 1 fully saturated rings. The van der Waals surface area contributed by atoms with Gasteiger partial charge in [0.05, 0.1) is 0 Å². The van der Waals surface area contributed by atoms with Crippen molar-refractivity contribution in [2.24, 2.45) is 5.92 Å². The first-order valence-corrected chi connectivity index (χ1v) is 8.52. The predicted octanol–water partition coefficient (Wildman–Crippen LogP) is 4.21. The van der Waals surface area contributed by atoms with Crippen molar-refractivity contribution in [3.63, 3.8) is 0 Å². The van der Waals surface area contributed by atoms with Crippen molar-refractivity contribution in [1.82, 2.24) is 9.97 Å². The van der Waals surface area contributed by atoms with Gasteiger partial charge in [0.25, 0.3) is 0 Å². The van der Waals surface area contributed by atoms with Crippen LogP contribution < -0.4 is 4.90 Å². The zero-order chi connectivity index (χ0) is 18.9. The van der Waals surface area contributed by atoms with Crippen LogP contribution in [0.5, 0.6) is 0 Å². The Morgan fingerprint density at radius 1 is 1.15 bits per heavy atom. The average molecular weight is 363 g/mol. The number of benzene rings is 1. The van der Waals surface area contributed by atoms with Crippen LogP contribution in [0.25, 0.3) is 0 Å².